The lowest BCUT2D eigenvalue weighted by Gasteiger charge is -2.20. The molecule has 2 aliphatic heterocycles. The molecule has 26 heavy (non-hydrogen) atoms. The molecule has 4 fully saturated rings. The van der Waals surface area contributed by atoms with E-state index in [0.29, 0.717) is 50.7 Å². The quantitative estimate of drug-likeness (QED) is 0.330. The van der Waals surface area contributed by atoms with Gasteiger partial charge in [0.15, 0.2) is 0 Å². The Morgan fingerprint density at radius 1 is 0.692 bits per heavy atom. The van der Waals surface area contributed by atoms with Crippen LogP contribution >= 0.6 is 23.5 Å². The number of unbranched alkanes of at least 4 members (excludes halogenated alkanes) is 1. The van der Waals surface area contributed by atoms with Gasteiger partial charge in [-0.25, -0.2) is 0 Å². The molecule has 146 valence electrons. The zero-order valence-electron chi connectivity index (χ0n) is 15.4. The molecule has 0 spiro atoms. The highest BCUT2D eigenvalue weighted by Crippen LogP contribution is 2.53. The van der Waals surface area contributed by atoms with Gasteiger partial charge in [0, 0.05) is 33.8 Å². The van der Waals surface area contributed by atoms with Gasteiger partial charge in [0.1, 0.15) is 0 Å². The number of thioether (sulfide) groups is 2. The fraction of sp³-hybridized carbons (Fsp3) is 0.900. The second-order valence-electron chi connectivity index (χ2n) is 8.36. The van der Waals surface area contributed by atoms with Crippen molar-refractivity contribution in [2.75, 3.05) is 13.2 Å². The Morgan fingerprint density at radius 3 is 1.58 bits per heavy atom. The maximum Gasteiger partial charge on any atom is 0.305 e. The zero-order chi connectivity index (χ0) is 17.9. The van der Waals surface area contributed by atoms with Crippen LogP contribution < -0.4 is 0 Å². The number of hydrogen-bond acceptors (Lipinski definition) is 6. The maximum absolute atomic E-state index is 11.8. The van der Waals surface area contributed by atoms with Crippen LogP contribution in [0.3, 0.4) is 0 Å². The highest BCUT2D eigenvalue weighted by molar-refractivity contribution is 8.07. The van der Waals surface area contributed by atoms with Gasteiger partial charge in [-0.2, -0.15) is 23.5 Å². The number of fused-ring (bicyclic) bond motifs is 2. The third-order valence-electron chi connectivity index (χ3n) is 6.20. The van der Waals surface area contributed by atoms with Gasteiger partial charge in [-0.05, 0) is 63.2 Å². The molecule has 0 aromatic rings. The molecule has 4 aliphatic rings. The molecule has 4 nitrogen and oxygen atoms in total. The minimum absolute atomic E-state index is 0.109. The van der Waals surface area contributed by atoms with E-state index in [1.807, 2.05) is 0 Å². The second-order valence-corrected chi connectivity index (χ2v) is 11.3. The molecular weight excluding hydrogens is 368 g/mol. The summed E-state index contributed by atoms with van der Waals surface area (Å²) >= 11 is 4.17. The minimum atomic E-state index is -0.109. The molecule has 2 aliphatic carbocycles. The van der Waals surface area contributed by atoms with Crippen LogP contribution in [0.25, 0.3) is 0 Å². The fourth-order valence-corrected chi connectivity index (χ4v) is 6.90. The van der Waals surface area contributed by atoms with Crippen molar-refractivity contribution in [1.29, 1.82) is 0 Å². The Kier molecular flexibility index (Phi) is 6.40. The zero-order valence-corrected chi connectivity index (χ0v) is 17.0. The highest BCUT2D eigenvalue weighted by Gasteiger charge is 2.44. The van der Waals surface area contributed by atoms with Gasteiger partial charge in [-0.1, -0.05) is 0 Å². The summed E-state index contributed by atoms with van der Waals surface area (Å²) in [5, 5.41) is 3.50. The van der Waals surface area contributed by atoms with Crippen molar-refractivity contribution < 1.29 is 19.1 Å². The van der Waals surface area contributed by atoms with Crippen molar-refractivity contribution in [2.24, 2.45) is 11.8 Å². The Hall–Kier alpha value is -0.360. The van der Waals surface area contributed by atoms with E-state index in [1.54, 1.807) is 0 Å². The predicted octanol–water partition coefficient (Wildman–Crippen LogP) is 4.20. The molecule has 2 heterocycles. The molecule has 6 atom stereocenters. The molecule has 6 unspecified atom stereocenters. The van der Waals surface area contributed by atoms with Gasteiger partial charge in [0.25, 0.3) is 0 Å². The SMILES string of the molecule is O=C(CCCCC(=O)OCC1CCC2SC2C1)OCC1CCC2SC2C1. The molecule has 4 rings (SSSR count). The summed E-state index contributed by atoms with van der Waals surface area (Å²) < 4.78 is 10.9. The molecule has 0 bridgehead atoms. The summed E-state index contributed by atoms with van der Waals surface area (Å²) in [5.41, 5.74) is 0. The molecular formula is C20H30O4S2. The van der Waals surface area contributed by atoms with Gasteiger partial charge < -0.3 is 9.47 Å². The molecule has 0 radical (unpaired) electrons. The number of esters is 2. The molecule has 0 aromatic carbocycles. The Balaban J connectivity index is 0.992. The third kappa shape index (κ3) is 5.57. The number of carbonyl (C=O) groups is 2. The molecule has 2 saturated heterocycles. The van der Waals surface area contributed by atoms with Crippen molar-refractivity contribution in [3.63, 3.8) is 0 Å². The number of hydrogen-bond donors (Lipinski definition) is 0. The van der Waals surface area contributed by atoms with Crippen LogP contribution in [0.2, 0.25) is 0 Å². The first-order chi connectivity index (χ1) is 12.7. The van der Waals surface area contributed by atoms with E-state index in [9.17, 15) is 9.59 Å². The van der Waals surface area contributed by atoms with Crippen LogP contribution in [0.15, 0.2) is 0 Å². The lowest BCUT2D eigenvalue weighted by molar-refractivity contribution is -0.147. The number of carbonyl (C=O) groups excluding carboxylic acids is 2. The smallest absolute Gasteiger partial charge is 0.305 e. The topological polar surface area (TPSA) is 52.6 Å². The van der Waals surface area contributed by atoms with Gasteiger partial charge in [-0.15, -0.1) is 0 Å². The molecule has 0 N–H and O–H groups in total. The Labute approximate surface area is 164 Å². The van der Waals surface area contributed by atoms with E-state index < -0.39 is 0 Å². The van der Waals surface area contributed by atoms with Crippen molar-refractivity contribution in [3.05, 3.63) is 0 Å². The van der Waals surface area contributed by atoms with E-state index in [1.165, 1.54) is 38.5 Å². The van der Waals surface area contributed by atoms with Crippen LogP contribution in [0.5, 0.6) is 0 Å². The van der Waals surface area contributed by atoms with E-state index in [0.717, 1.165) is 21.0 Å². The summed E-state index contributed by atoms with van der Waals surface area (Å²) in [6.07, 6.45) is 9.69. The van der Waals surface area contributed by atoms with Gasteiger partial charge in [-0.3, -0.25) is 9.59 Å². The van der Waals surface area contributed by atoms with Gasteiger partial charge >= 0.3 is 11.9 Å². The number of ether oxygens (including phenoxy) is 2. The van der Waals surface area contributed by atoms with Crippen LogP contribution in [0.4, 0.5) is 0 Å². The average molecular weight is 399 g/mol. The Morgan fingerprint density at radius 2 is 1.15 bits per heavy atom. The van der Waals surface area contributed by atoms with Crippen molar-refractivity contribution in [2.45, 2.75) is 85.2 Å². The first kappa shape index (κ1) is 19.0. The average Bonchev–Trinajstić information content (AvgIpc) is 3.55. The third-order valence-corrected chi connectivity index (χ3v) is 9.14. The lowest BCUT2D eigenvalue weighted by Crippen LogP contribution is -2.20. The summed E-state index contributed by atoms with van der Waals surface area (Å²) in [6.45, 7) is 1.18. The second kappa shape index (κ2) is 8.76. The summed E-state index contributed by atoms with van der Waals surface area (Å²) in [6, 6.07) is 0. The molecule has 0 aromatic heterocycles. The standard InChI is InChI=1S/C20H30O4S2/c21-19(23-11-13-5-7-15-17(9-13)25-15)3-1-2-4-20(22)24-12-14-6-8-16-18(10-14)26-16/h13-18H,1-12H2. The summed E-state index contributed by atoms with van der Waals surface area (Å²) in [4.78, 5) is 23.7. The molecule has 2 saturated carbocycles. The largest absolute Gasteiger partial charge is 0.465 e. The number of rotatable bonds is 9. The van der Waals surface area contributed by atoms with Crippen LogP contribution in [-0.4, -0.2) is 46.2 Å². The van der Waals surface area contributed by atoms with Crippen LogP contribution in [-0.2, 0) is 19.1 Å². The van der Waals surface area contributed by atoms with Crippen molar-refractivity contribution in [1.82, 2.24) is 0 Å². The first-order valence-corrected chi connectivity index (χ1v) is 12.2. The lowest BCUT2D eigenvalue weighted by atomic mass is 9.90. The van der Waals surface area contributed by atoms with Gasteiger partial charge in [0.2, 0.25) is 0 Å². The predicted molar refractivity (Wildman–Crippen MR) is 105 cm³/mol. The normalized spacial score (nSPS) is 37.2. The molecule has 6 heteroatoms. The van der Waals surface area contributed by atoms with Crippen LogP contribution in [0, 0.1) is 11.8 Å². The fourth-order valence-electron chi connectivity index (χ4n) is 4.38. The van der Waals surface area contributed by atoms with Gasteiger partial charge in [0.05, 0.1) is 13.2 Å². The minimum Gasteiger partial charge on any atom is -0.465 e. The monoisotopic (exact) mass is 398 g/mol. The highest BCUT2D eigenvalue weighted by atomic mass is 32.2. The first-order valence-electron chi connectivity index (χ1n) is 10.3. The summed E-state index contributed by atoms with van der Waals surface area (Å²) in [7, 11) is 0. The van der Waals surface area contributed by atoms with Crippen LogP contribution in [0.1, 0.15) is 64.2 Å². The summed E-state index contributed by atoms with van der Waals surface area (Å²) in [5.74, 6) is 0.911. The van der Waals surface area contributed by atoms with Crippen molar-refractivity contribution in [3.8, 4) is 0 Å². The van der Waals surface area contributed by atoms with E-state index >= 15 is 0 Å². The maximum atomic E-state index is 11.8. The van der Waals surface area contributed by atoms with E-state index in [-0.39, 0.29) is 11.9 Å². The van der Waals surface area contributed by atoms with E-state index in [4.69, 9.17) is 9.47 Å². The van der Waals surface area contributed by atoms with Crippen molar-refractivity contribution >= 4 is 35.5 Å². The van der Waals surface area contributed by atoms with E-state index in [2.05, 4.69) is 23.5 Å². The molecule has 0 amide bonds. The Bertz CT molecular complexity index is 480.